The number of aromatic amines is 1. The summed E-state index contributed by atoms with van der Waals surface area (Å²) in [6.45, 7) is 1.99. The van der Waals surface area contributed by atoms with E-state index < -0.39 is 0 Å². The second kappa shape index (κ2) is 5.30. The van der Waals surface area contributed by atoms with E-state index in [1.54, 1.807) is 12.4 Å². The molecule has 0 radical (unpaired) electrons. The van der Waals surface area contributed by atoms with Crippen molar-refractivity contribution in [3.05, 3.63) is 36.7 Å². The molecule has 0 atom stereocenters. The van der Waals surface area contributed by atoms with Gasteiger partial charge in [-0.05, 0) is 30.7 Å². The number of carbonyl (C=O) groups is 1. The highest BCUT2D eigenvalue weighted by molar-refractivity contribution is 5.90. The SMILES string of the molecule is CCCC(=O)Nc1ccc(-c2ncc[nH]2)cc1. The minimum atomic E-state index is 0.0539. The summed E-state index contributed by atoms with van der Waals surface area (Å²) in [4.78, 5) is 18.6. The van der Waals surface area contributed by atoms with Crippen LogP contribution in [0.4, 0.5) is 5.69 Å². The summed E-state index contributed by atoms with van der Waals surface area (Å²) >= 11 is 0. The number of carbonyl (C=O) groups excluding carboxylic acids is 1. The summed E-state index contributed by atoms with van der Waals surface area (Å²) in [6, 6.07) is 7.62. The first-order valence-electron chi connectivity index (χ1n) is 5.69. The normalized spacial score (nSPS) is 10.2. The molecule has 0 unspecified atom stereocenters. The molecule has 2 aromatic rings. The lowest BCUT2D eigenvalue weighted by molar-refractivity contribution is -0.116. The van der Waals surface area contributed by atoms with Crippen molar-refractivity contribution in [2.75, 3.05) is 5.32 Å². The van der Waals surface area contributed by atoms with E-state index in [4.69, 9.17) is 0 Å². The predicted octanol–water partition coefficient (Wildman–Crippen LogP) is 2.82. The molecular weight excluding hydrogens is 214 g/mol. The summed E-state index contributed by atoms with van der Waals surface area (Å²) in [5.74, 6) is 0.884. The van der Waals surface area contributed by atoms with Gasteiger partial charge in [-0.2, -0.15) is 0 Å². The molecule has 0 fully saturated rings. The van der Waals surface area contributed by atoms with Crippen molar-refractivity contribution in [2.45, 2.75) is 19.8 Å². The fraction of sp³-hybridized carbons (Fsp3) is 0.231. The van der Waals surface area contributed by atoms with E-state index in [1.807, 2.05) is 31.2 Å². The maximum atomic E-state index is 11.4. The van der Waals surface area contributed by atoms with Crippen molar-refractivity contribution in [1.29, 1.82) is 0 Å². The van der Waals surface area contributed by atoms with E-state index in [1.165, 1.54) is 0 Å². The van der Waals surface area contributed by atoms with E-state index in [0.717, 1.165) is 23.5 Å². The molecule has 0 saturated carbocycles. The minimum absolute atomic E-state index is 0.0539. The number of hydrogen-bond acceptors (Lipinski definition) is 2. The number of imidazole rings is 1. The molecule has 1 amide bonds. The fourth-order valence-corrected chi connectivity index (χ4v) is 1.59. The van der Waals surface area contributed by atoms with Gasteiger partial charge in [0.2, 0.25) is 5.91 Å². The minimum Gasteiger partial charge on any atom is -0.345 e. The van der Waals surface area contributed by atoms with Gasteiger partial charge in [0.15, 0.2) is 0 Å². The number of hydrogen-bond donors (Lipinski definition) is 2. The number of nitrogens with one attached hydrogen (secondary N) is 2. The molecule has 0 aliphatic heterocycles. The van der Waals surface area contributed by atoms with Gasteiger partial charge in [-0.25, -0.2) is 4.98 Å². The quantitative estimate of drug-likeness (QED) is 0.847. The van der Waals surface area contributed by atoms with Gasteiger partial charge in [0, 0.05) is 30.1 Å². The maximum Gasteiger partial charge on any atom is 0.224 e. The van der Waals surface area contributed by atoms with E-state index in [-0.39, 0.29) is 5.91 Å². The second-order valence-corrected chi connectivity index (χ2v) is 3.81. The highest BCUT2D eigenvalue weighted by Gasteiger charge is 2.02. The van der Waals surface area contributed by atoms with E-state index in [0.29, 0.717) is 6.42 Å². The largest absolute Gasteiger partial charge is 0.345 e. The average molecular weight is 229 g/mol. The van der Waals surface area contributed by atoms with Crippen LogP contribution >= 0.6 is 0 Å². The van der Waals surface area contributed by atoms with Gasteiger partial charge in [-0.15, -0.1) is 0 Å². The Labute approximate surface area is 100 Å². The summed E-state index contributed by atoms with van der Waals surface area (Å²) in [5, 5.41) is 2.85. The Morgan fingerprint density at radius 2 is 2.12 bits per heavy atom. The molecule has 2 rings (SSSR count). The molecule has 0 spiro atoms. The monoisotopic (exact) mass is 229 g/mol. The van der Waals surface area contributed by atoms with Gasteiger partial charge in [-0.3, -0.25) is 4.79 Å². The molecule has 2 N–H and O–H groups in total. The number of H-pyrrole nitrogens is 1. The van der Waals surface area contributed by atoms with Crippen LogP contribution in [0.25, 0.3) is 11.4 Å². The van der Waals surface area contributed by atoms with Gasteiger partial charge in [0.25, 0.3) is 0 Å². The van der Waals surface area contributed by atoms with Crippen LogP contribution < -0.4 is 5.32 Å². The zero-order valence-corrected chi connectivity index (χ0v) is 9.73. The zero-order chi connectivity index (χ0) is 12.1. The Balaban J connectivity index is 2.06. The Bertz CT molecular complexity index is 474. The molecule has 4 heteroatoms. The number of anilines is 1. The molecule has 1 heterocycles. The molecular formula is C13H15N3O. The third kappa shape index (κ3) is 2.93. The van der Waals surface area contributed by atoms with Gasteiger partial charge in [-0.1, -0.05) is 6.92 Å². The van der Waals surface area contributed by atoms with Crippen LogP contribution in [0.2, 0.25) is 0 Å². The molecule has 0 saturated heterocycles. The third-order valence-corrected chi connectivity index (χ3v) is 2.42. The predicted molar refractivity (Wildman–Crippen MR) is 67.6 cm³/mol. The van der Waals surface area contributed by atoms with Crippen LogP contribution in [-0.4, -0.2) is 15.9 Å². The second-order valence-electron chi connectivity index (χ2n) is 3.81. The molecule has 88 valence electrons. The molecule has 0 aliphatic rings. The number of nitrogens with zero attached hydrogens (tertiary/aromatic N) is 1. The molecule has 1 aromatic carbocycles. The standard InChI is InChI=1S/C13H15N3O/c1-2-3-12(17)16-11-6-4-10(5-7-11)13-14-8-9-15-13/h4-9H,2-3H2,1H3,(H,14,15)(H,16,17). The van der Waals surface area contributed by atoms with E-state index >= 15 is 0 Å². The lowest BCUT2D eigenvalue weighted by Gasteiger charge is -2.04. The van der Waals surface area contributed by atoms with Crippen LogP contribution in [0, 0.1) is 0 Å². The highest BCUT2D eigenvalue weighted by Crippen LogP contribution is 2.17. The van der Waals surface area contributed by atoms with E-state index in [9.17, 15) is 4.79 Å². The van der Waals surface area contributed by atoms with Crippen LogP contribution in [0.3, 0.4) is 0 Å². The first-order valence-corrected chi connectivity index (χ1v) is 5.69. The molecule has 1 aromatic heterocycles. The first kappa shape index (κ1) is 11.4. The van der Waals surface area contributed by atoms with Crippen molar-refractivity contribution in [2.24, 2.45) is 0 Å². The van der Waals surface area contributed by atoms with E-state index in [2.05, 4.69) is 15.3 Å². The number of rotatable bonds is 4. The lowest BCUT2D eigenvalue weighted by Crippen LogP contribution is -2.10. The summed E-state index contributed by atoms with van der Waals surface area (Å²) in [7, 11) is 0. The maximum absolute atomic E-state index is 11.4. The molecule has 0 bridgehead atoms. The van der Waals surface area contributed by atoms with Crippen molar-refractivity contribution in [3.8, 4) is 11.4 Å². The lowest BCUT2D eigenvalue weighted by atomic mass is 10.2. The number of amides is 1. The molecule has 17 heavy (non-hydrogen) atoms. The van der Waals surface area contributed by atoms with Gasteiger partial charge in [0.05, 0.1) is 0 Å². The van der Waals surface area contributed by atoms with Crippen LogP contribution in [0.5, 0.6) is 0 Å². The van der Waals surface area contributed by atoms with Crippen LogP contribution in [-0.2, 0) is 4.79 Å². The summed E-state index contributed by atoms with van der Waals surface area (Å²) in [6.07, 6.45) is 4.91. The Morgan fingerprint density at radius 3 is 2.71 bits per heavy atom. The highest BCUT2D eigenvalue weighted by atomic mass is 16.1. The summed E-state index contributed by atoms with van der Waals surface area (Å²) in [5.41, 5.74) is 1.82. The van der Waals surface area contributed by atoms with Crippen molar-refractivity contribution in [1.82, 2.24) is 9.97 Å². The van der Waals surface area contributed by atoms with Gasteiger partial charge in [0.1, 0.15) is 5.82 Å². The van der Waals surface area contributed by atoms with Crippen molar-refractivity contribution in [3.63, 3.8) is 0 Å². The van der Waals surface area contributed by atoms with Crippen LogP contribution in [0.15, 0.2) is 36.7 Å². The van der Waals surface area contributed by atoms with Crippen molar-refractivity contribution >= 4 is 11.6 Å². The fourth-order valence-electron chi connectivity index (χ4n) is 1.59. The topological polar surface area (TPSA) is 57.8 Å². The zero-order valence-electron chi connectivity index (χ0n) is 9.73. The Morgan fingerprint density at radius 1 is 1.35 bits per heavy atom. The average Bonchev–Trinajstić information content (AvgIpc) is 2.84. The summed E-state index contributed by atoms with van der Waals surface area (Å²) < 4.78 is 0. The number of aromatic nitrogens is 2. The molecule has 4 nitrogen and oxygen atoms in total. The number of benzene rings is 1. The van der Waals surface area contributed by atoms with Gasteiger partial charge < -0.3 is 10.3 Å². The van der Waals surface area contributed by atoms with Crippen LogP contribution in [0.1, 0.15) is 19.8 Å². The Hall–Kier alpha value is -2.10. The Kier molecular flexibility index (Phi) is 3.55. The molecule has 0 aliphatic carbocycles. The first-order chi connectivity index (χ1) is 8.29. The van der Waals surface area contributed by atoms with Crippen molar-refractivity contribution < 1.29 is 4.79 Å². The smallest absolute Gasteiger partial charge is 0.224 e. The third-order valence-electron chi connectivity index (χ3n) is 2.42. The van der Waals surface area contributed by atoms with Gasteiger partial charge >= 0.3 is 0 Å².